The number of hydrogen-bond acceptors (Lipinski definition) is 2. The summed E-state index contributed by atoms with van der Waals surface area (Å²) in [6, 6.07) is 8.39. The summed E-state index contributed by atoms with van der Waals surface area (Å²) in [7, 11) is 0. The number of allylic oxidation sites excluding steroid dienone is 1. The lowest BCUT2D eigenvalue weighted by Crippen LogP contribution is -2.08. The van der Waals surface area contributed by atoms with Gasteiger partial charge in [-0.15, -0.1) is 18.3 Å². The van der Waals surface area contributed by atoms with Gasteiger partial charge in [-0.2, -0.15) is 0 Å². The molecule has 2 heteroatoms. The number of aliphatic hydroxyl groups excluding tert-OH is 1. The molecule has 0 aromatic heterocycles. The second kappa shape index (κ2) is 6.70. The highest BCUT2D eigenvalue weighted by Gasteiger charge is 2.03. The Balaban J connectivity index is 2.30. The van der Waals surface area contributed by atoms with Gasteiger partial charge in [-0.1, -0.05) is 23.8 Å². The van der Waals surface area contributed by atoms with Gasteiger partial charge in [0.25, 0.3) is 0 Å². The van der Waals surface area contributed by atoms with E-state index in [1.54, 1.807) is 11.8 Å². The fourth-order valence-corrected chi connectivity index (χ4v) is 2.10. The molecule has 1 atom stereocenters. The van der Waals surface area contributed by atoms with Crippen LogP contribution in [0.1, 0.15) is 18.4 Å². The van der Waals surface area contributed by atoms with Crippen LogP contribution in [0.3, 0.4) is 0 Å². The van der Waals surface area contributed by atoms with E-state index in [0.29, 0.717) is 0 Å². The molecule has 15 heavy (non-hydrogen) atoms. The normalized spacial score (nSPS) is 12.4. The summed E-state index contributed by atoms with van der Waals surface area (Å²) in [4.78, 5) is 1.22. The third-order valence-electron chi connectivity index (χ3n) is 2.17. The summed E-state index contributed by atoms with van der Waals surface area (Å²) in [6.45, 7) is 5.72. The molecular formula is C13H18OS. The first-order chi connectivity index (χ1) is 7.22. The molecule has 0 saturated carbocycles. The van der Waals surface area contributed by atoms with Crippen molar-refractivity contribution in [1.29, 1.82) is 0 Å². The fourth-order valence-electron chi connectivity index (χ4n) is 1.22. The number of aryl methyl sites for hydroxylation is 1. The van der Waals surface area contributed by atoms with E-state index in [0.717, 1.165) is 18.6 Å². The molecule has 0 aliphatic rings. The maximum absolute atomic E-state index is 9.63. The molecule has 0 radical (unpaired) electrons. The van der Waals surface area contributed by atoms with Gasteiger partial charge in [0.15, 0.2) is 0 Å². The first-order valence-electron chi connectivity index (χ1n) is 5.21. The largest absolute Gasteiger partial charge is 0.392 e. The highest BCUT2D eigenvalue weighted by Crippen LogP contribution is 2.20. The molecule has 0 saturated heterocycles. The number of hydrogen-bond donors (Lipinski definition) is 1. The zero-order chi connectivity index (χ0) is 11.1. The lowest BCUT2D eigenvalue weighted by molar-refractivity contribution is 0.190. The molecular weight excluding hydrogens is 204 g/mol. The van der Waals surface area contributed by atoms with Gasteiger partial charge in [-0.3, -0.25) is 0 Å². The molecule has 0 spiro atoms. The van der Waals surface area contributed by atoms with E-state index >= 15 is 0 Å². The third-order valence-corrected chi connectivity index (χ3v) is 3.32. The predicted octanol–water partition coefficient (Wildman–Crippen LogP) is 3.41. The van der Waals surface area contributed by atoms with Crippen molar-refractivity contribution in [1.82, 2.24) is 0 Å². The zero-order valence-corrected chi connectivity index (χ0v) is 9.96. The van der Waals surface area contributed by atoms with Crippen molar-refractivity contribution in [3.8, 4) is 0 Å². The Morgan fingerprint density at radius 2 is 2.07 bits per heavy atom. The van der Waals surface area contributed by atoms with E-state index in [1.165, 1.54) is 10.5 Å². The maximum atomic E-state index is 9.63. The second-order valence-electron chi connectivity index (χ2n) is 3.64. The SMILES string of the molecule is C=CCCC(O)CSc1ccc(C)cc1. The van der Waals surface area contributed by atoms with Crippen LogP contribution in [0.4, 0.5) is 0 Å². The van der Waals surface area contributed by atoms with Crippen LogP contribution in [0.2, 0.25) is 0 Å². The minimum absolute atomic E-state index is 0.227. The molecule has 0 aliphatic heterocycles. The van der Waals surface area contributed by atoms with E-state index in [-0.39, 0.29) is 6.10 Å². The Morgan fingerprint density at radius 1 is 1.40 bits per heavy atom. The van der Waals surface area contributed by atoms with Crippen molar-refractivity contribution in [2.75, 3.05) is 5.75 Å². The van der Waals surface area contributed by atoms with E-state index in [4.69, 9.17) is 0 Å². The van der Waals surface area contributed by atoms with E-state index < -0.39 is 0 Å². The summed E-state index contributed by atoms with van der Waals surface area (Å²) >= 11 is 1.70. The first kappa shape index (κ1) is 12.3. The van der Waals surface area contributed by atoms with Gasteiger partial charge in [-0.05, 0) is 31.9 Å². The summed E-state index contributed by atoms with van der Waals surface area (Å²) < 4.78 is 0. The van der Waals surface area contributed by atoms with Crippen molar-refractivity contribution in [3.05, 3.63) is 42.5 Å². The molecule has 82 valence electrons. The zero-order valence-electron chi connectivity index (χ0n) is 9.15. The molecule has 1 rings (SSSR count). The minimum Gasteiger partial charge on any atom is -0.392 e. The van der Waals surface area contributed by atoms with Crippen LogP contribution in [-0.2, 0) is 0 Å². The number of aliphatic hydroxyl groups is 1. The molecule has 0 fully saturated rings. The van der Waals surface area contributed by atoms with Crippen LogP contribution in [0.5, 0.6) is 0 Å². The van der Waals surface area contributed by atoms with Crippen molar-refractivity contribution in [3.63, 3.8) is 0 Å². The van der Waals surface area contributed by atoms with Gasteiger partial charge in [0.05, 0.1) is 6.10 Å². The Labute approximate surface area is 96.2 Å². The monoisotopic (exact) mass is 222 g/mol. The summed E-state index contributed by atoms with van der Waals surface area (Å²) in [5, 5.41) is 9.63. The van der Waals surface area contributed by atoms with E-state index in [9.17, 15) is 5.11 Å². The predicted molar refractivity (Wildman–Crippen MR) is 67.3 cm³/mol. The molecule has 0 bridgehead atoms. The van der Waals surface area contributed by atoms with Crippen LogP contribution in [0, 0.1) is 6.92 Å². The molecule has 1 nitrogen and oxygen atoms in total. The highest BCUT2D eigenvalue weighted by atomic mass is 32.2. The fraction of sp³-hybridized carbons (Fsp3) is 0.385. The van der Waals surface area contributed by atoms with Crippen molar-refractivity contribution in [2.45, 2.75) is 30.8 Å². The molecule has 1 N–H and O–H groups in total. The topological polar surface area (TPSA) is 20.2 Å². The average molecular weight is 222 g/mol. The number of thioether (sulfide) groups is 1. The molecule has 1 aromatic rings. The molecule has 1 aromatic carbocycles. The number of rotatable bonds is 6. The standard InChI is InChI=1S/C13H18OS/c1-3-4-5-12(14)10-15-13-8-6-11(2)7-9-13/h3,6-9,12,14H,1,4-5,10H2,2H3. The smallest absolute Gasteiger partial charge is 0.0637 e. The van der Waals surface area contributed by atoms with Gasteiger partial charge in [-0.25, -0.2) is 0 Å². The third kappa shape index (κ3) is 5.05. The van der Waals surface area contributed by atoms with E-state index in [2.05, 4.69) is 37.8 Å². The van der Waals surface area contributed by atoms with Crippen molar-refractivity contribution < 1.29 is 5.11 Å². The van der Waals surface area contributed by atoms with Crippen LogP contribution in [-0.4, -0.2) is 17.0 Å². The van der Waals surface area contributed by atoms with Crippen LogP contribution >= 0.6 is 11.8 Å². The van der Waals surface area contributed by atoms with Gasteiger partial charge in [0.2, 0.25) is 0 Å². The second-order valence-corrected chi connectivity index (χ2v) is 4.74. The Kier molecular flexibility index (Phi) is 5.51. The minimum atomic E-state index is -0.227. The van der Waals surface area contributed by atoms with Crippen molar-refractivity contribution >= 4 is 11.8 Å². The average Bonchev–Trinajstić information content (AvgIpc) is 2.25. The van der Waals surface area contributed by atoms with Gasteiger partial charge in [0, 0.05) is 10.6 Å². The summed E-state index contributed by atoms with van der Waals surface area (Å²) in [5.41, 5.74) is 1.27. The molecule has 0 aliphatic carbocycles. The molecule has 0 heterocycles. The lowest BCUT2D eigenvalue weighted by atomic mass is 10.2. The Bertz CT molecular complexity index is 292. The van der Waals surface area contributed by atoms with Crippen LogP contribution in [0.15, 0.2) is 41.8 Å². The maximum Gasteiger partial charge on any atom is 0.0637 e. The van der Waals surface area contributed by atoms with Gasteiger partial charge >= 0.3 is 0 Å². The number of benzene rings is 1. The van der Waals surface area contributed by atoms with Gasteiger partial charge < -0.3 is 5.11 Å². The first-order valence-corrected chi connectivity index (χ1v) is 6.19. The van der Waals surface area contributed by atoms with Crippen molar-refractivity contribution in [2.24, 2.45) is 0 Å². The van der Waals surface area contributed by atoms with Crippen LogP contribution < -0.4 is 0 Å². The highest BCUT2D eigenvalue weighted by molar-refractivity contribution is 7.99. The molecule has 0 amide bonds. The lowest BCUT2D eigenvalue weighted by Gasteiger charge is -2.08. The summed E-state index contributed by atoms with van der Waals surface area (Å²) in [5.74, 6) is 0.761. The molecule has 1 unspecified atom stereocenters. The quantitative estimate of drug-likeness (QED) is 0.588. The van der Waals surface area contributed by atoms with E-state index in [1.807, 2.05) is 6.08 Å². The summed E-state index contributed by atoms with van der Waals surface area (Å²) in [6.07, 6.45) is 3.31. The Morgan fingerprint density at radius 3 is 2.67 bits per heavy atom. The van der Waals surface area contributed by atoms with Gasteiger partial charge in [0.1, 0.15) is 0 Å². The Hall–Kier alpha value is -0.730. The van der Waals surface area contributed by atoms with Crippen LogP contribution in [0.25, 0.3) is 0 Å².